The van der Waals surface area contributed by atoms with Crippen LogP contribution in [-0.2, 0) is 6.61 Å². The maximum atomic E-state index is 12.3. The summed E-state index contributed by atoms with van der Waals surface area (Å²) in [6, 6.07) is 8.81. The van der Waals surface area contributed by atoms with E-state index in [0.29, 0.717) is 21.8 Å². The molecule has 0 spiro atoms. The summed E-state index contributed by atoms with van der Waals surface area (Å²) in [4.78, 5) is 16.2. The summed E-state index contributed by atoms with van der Waals surface area (Å²) in [7, 11) is 0. The Bertz CT molecular complexity index is 847. The minimum absolute atomic E-state index is 0.181. The molecule has 3 aromatic rings. The molecule has 0 saturated carbocycles. The van der Waals surface area contributed by atoms with Crippen molar-refractivity contribution in [2.75, 3.05) is 5.32 Å². The van der Waals surface area contributed by atoms with Gasteiger partial charge in [0.15, 0.2) is 0 Å². The predicted octanol–water partition coefficient (Wildman–Crippen LogP) is 2.67. The topological polar surface area (TPSA) is 80.0 Å². The van der Waals surface area contributed by atoms with E-state index in [4.69, 9.17) is 11.6 Å². The summed E-state index contributed by atoms with van der Waals surface area (Å²) in [5.74, 6) is -0.332. The van der Waals surface area contributed by atoms with Crippen LogP contribution in [0.4, 0.5) is 5.69 Å². The highest BCUT2D eigenvalue weighted by atomic mass is 35.5. The number of nitrogens with one attached hydrogen (secondary N) is 1. The van der Waals surface area contributed by atoms with E-state index >= 15 is 0 Å². The van der Waals surface area contributed by atoms with Gasteiger partial charge in [-0.3, -0.25) is 9.78 Å². The van der Waals surface area contributed by atoms with Crippen LogP contribution >= 0.6 is 11.6 Å². The van der Waals surface area contributed by atoms with Crippen molar-refractivity contribution in [3.05, 3.63) is 71.3 Å². The molecule has 7 heteroatoms. The molecule has 0 aliphatic carbocycles. The number of halogens is 1. The first-order valence-corrected chi connectivity index (χ1v) is 7.21. The first kappa shape index (κ1) is 15.2. The lowest BCUT2D eigenvalue weighted by molar-refractivity contribution is 0.102. The third-order valence-corrected chi connectivity index (χ3v) is 3.48. The van der Waals surface area contributed by atoms with Crippen LogP contribution < -0.4 is 5.32 Å². The summed E-state index contributed by atoms with van der Waals surface area (Å²) < 4.78 is 1.57. The van der Waals surface area contributed by atoms with E-state index in [1.54, 1.807) is 35.3 Å². The monoisotopic (exact) mass is 328 g/mol. The van der Waals surface area contributed by atoms with Crippen LogP contribution in [-0.4, -0.2) is 25.8 Å². The Kier molecular flexibility index (Phi) is 4.36. The molecule has 6 nitrogen and oxygen atoms in total. The van der Waals surface area contributed by atoms with Crippen molar-refractivity contribution in [1.82, 2.24) is 14.8 Å². The minimum Gasteiger partial charge on any atom is -0.392 e. The van der Waals surface area contributed by atoms with Gasteiger partial charge in [-0.2, -0.15) is 5.10 Å². The van der Waals surface area contributed by atoms with Crippen molar-refractivity contribution in [2.24, 2.45) is 0 Å². The second-order valence-electron chi connectivity index (χ2n) is 4.80. The molecule has 1 aromatic carbocycles. The fourth-order valence-corrected chi connectivity index (χ4v) is 2.25. The lowest BCUT2D eigenvalue weighted by Crippen LogP contribution is -2.13. The van der Waals surface area contributed by atoms with Crippen LogP contribution in [0.5, 0.6) is 0 Å². The average Bonchev–Trinajstić information content (AvgIpc) is 3.05. The Labute approximate surface area is 137 Å². The highest BCUT2D eigenvalue weighted by Gasteiger charge is 2.12. The van der Waals surface area contributed by atoms with Crippen LogP contribution in [0, 0.1) is 0 Å². The number of anilines is 1. The molecule has 2 aromatic heterocycles. The Morgan fingerprint density at radius 2 is 2.17 bits per heavy atom. The van der Waals surface area contributed by atoms with Gasteiger partial charge in [0.1, 0.15) is 0 Å². The van der Waals surface area contributed by atoms with Gasteiger partial charge in [0.2, 0.25) is 0 Å². The molecule has 0 aliphatic rings. The number of aliphatic hydroxyl groups excluding tert-OH is 1. The number of pyridine rings is 1. The number of hydrogen-bond donors (Lipinski definition) is 2. The first-order chi connectivity index (χ1) is 11.2. The molecule has 0 unspecified atom stereocenters. The first-order valence-electron chi connectivity index (χ1n) is 6.83. The number of rotatable bonds is 4. The maximum Gasteiger partial charge on any atom is 0.258 e. The second kappa shape index (κ2) is 6.60. The fourth-order valence-electron chi connectivity index (χ4n) is 2.07. The molecule has 3 rings (SSSR count). The minimum atomic E-state index is -0.332. The summed E-state index contributed by atoms with van der Waals surface area (Å²) in [5.41, 5.74) is 2.21. The van der Waals surface area contributed by atoms with Gasteiger partial charge < -0.3 is 10.4 Å². The van der Waals surface area contributed by atoms with Gasteiger partial charge in [-0.05, 0) is 24.3 Å². The van der Waals surface area contributed by atoms with Gasteiger partial charge in [-0.1, -0.05) is 17.7 Å². The molecule has 2 N–H and O–H groups in total. The highest BCUT2D eigenvalue weighted by molar-refractivity contribution is 6.30. The number of hydrogen-bond acceptors (Lipinski definition) is 4. The average molecular weight is 329 g/mol. The zero-order valence-electron chi connectivity index (χ0n) is 12.0. The lowest BCUT2D eigenvalue weighted by Gasteiger charge is -2.07. The van der Waals surface area contributed by atoms with Gasteiger partial charge >= 0.3 is 0 Å². The third-order valence-electron chi connectivity index (χ3n) is 3.25. The molecule has 0 saturated heterocycles. The van der Waals surface area contributed by atoms with Crippen LogP contribution in [0.2, 0.25) is 5.02 Å². The van der Waals surface area contributed by atoms with Gasteiger partial charge in [0.25, 0.3) is 5.91 Å². The van der Waals surface area contributed by atoms with E-state index in [1.165, 1.54) is 12.4 Å². The summed E-state index contributed by atoms with van der Waals surface area (Å²) in [6.07, 6.45) is 6.12. The molecule has 0 radical (unpaired) electrons. The lowest BCUT2D eigenvalue weighted by atomic mass is 10.2. The van der Waals surface area contributed by atoms with Crippen LogP contribution in [0.3, 0.4) is 0 Å². The Morgan fingerprint density at radius 3 is 2.96 bits per heavy atom. The molecule has 116 valence electrons. The second-order valence-corrected chi connectivity index (χ2v) is 5.23. The standard InChI is InChI=1S/C16H13ClN4O2/c17-13-2-1-3-14(6-13)21-9-12(7-19-21)16(23)20-15-8-18-5-4-11(15)10-22/h1-9,22H,10H2,(H,20,23). The van der Waals surface area contributed by atoms with Crippen LogP contribution in [0.15, 0.2) is 55.1 Å². The quantitative estimate of drug-likeness (QED) is 0.771. The molecule has 0 aliphatic heterocycles. The number of aliphatic hydroxyl groups is 1. The smallest absolute Gasteiger partial charge is 0.258 e. The van der Waals surface area contributed by atoms with Crippen molar-refractivity contribution in [1.29, 1.82) is 0 Å². The molecular formula is C16H13ClN4O2. The highest BCUT2D eigenvalue weighted by Crippen LogP contribution is 2.17. The number of nitrogens with zero attached hydrogens (tertiary/aromatic N) is 3. The zero-order valence-corrected chi connectivity index (χ0v) is 12.7. The summed E-state index contributed by atoms with van der Waals surface area (Å²) in [6.45, 7) is -0.181. The van der Waals surface area contributed by atoms with Crippen molar-refractivity contribution in [3.63, 3.8) is 0 Å². The number of aromatic nitrogens is 3. The SMILES string of the molecule is O=C(Nc1cnccc1CO)c1cnn(-c2cccc(Cl)c2)c1. The van der Waals surface area contributed by atoms with E-state index in [2.05, 4.69) is 15.4 Å². The van der Waals surface area contributed by atoms with Crippen molar-refractivity contribution in [3.8, 4) is 5.69 Å². The molecular weight excluding hydrogens is 316 g/mol. The Hall–Kier alpha value is -2.70. The number of amides is 1. The molecule has 0 atom stereocenters. The summed E-state index contributed by atoms with van der Waals surface area (Å²) in [5, 5.41) is 16.7. The molecule has 2 heterocycles. The molecule has 0 bridgehead atoms. The molecule has 23 heavy (non-hydrogen) atoms. The number of carbonyl (C=O) groups excluding carboxylic acids is 1. The third kappa shape index (κ3) is 3.39. The number of carbonyl (C=O) groups is 1. The van der Waals surface area contributed by atoms with Gasteiger partial charge in [-0.25, -0.2) is 4.68 Å². The molecule has 0 fully saturated rings. The van der Waals surface area contributed by atoms with E-state index in [-0.39, 0.29) is 12.5 Å². The fraction of sp³-hybridized carbons (Fsp3) is 0.0625. The van der Waals surface area contributed by atoms with E-state index < -0.39 is 0 Å². The summed E-state index contributed by atoms with van der Waals surface area (Å²) >= 11 is 5.95. The van der Waals surface area contributed by atoms with E-state index in [9.17, 15) is 9.90 Å². The maximum absolute atomic E-state index is 12.3. The van der Waals surface area contributed by atoms with Crippen molar-refractivity contribution < 1.29 is 9.90 Å². The van der Waals surface area contributed by atoms with Crippen molar-refractivity contribution in [2.45, 2.75) is 6.61 Å². The van der Waals surface area contributed by atoms with Crippen molar-refractivity contribution >= 4 is 23.2 Å². The van der Waals surface area contributed by atoms with E-state index in [1.807, 2.05) is 12.1 Å². The van der Waals surface area contributed by atoms with Gasteiger partial charge in [-0.15, -0.1) is 0 Å². The van der Waals surface area contributed by atoms with Gasteiger partial charge in [0, 0.05) is 23.0 Å². The zero-order chi connectivity index (χ0) is 16.2. The largest absolute Gasteiger partial charge is 0.392 e. The molecule has 1 amide bonds. The predicted molar refractivity (Wildman–Crippen MR) is 86.7 cm³/mol. The number of benzene rings is 1. The van der Waals surface area contributed by atoms with Gasteiger partial charge in [0.05, 0.1) is 35.9 Å². The normalized spacial score (nSPS) is 10.5. The Balaban J connectivity index is 1.81. The Morgan fingerprint density at radius 1 is 1.30 bits per heavy atom. The van der Waals surface area contributed by atoms with Crippen LogP contribution in [0.1, 0.15) is 15.9 Å². The van der Waals surface area contributed by atoms with E-state index in [0.717, 1.165) is 5.69 Å². The van der Waals surface area contributed by atoms with Crippen LogP contribution in [0.25, 0.3) is 5.69 Å².